The van der Waals surface area contributed by atoms with Crippen molar-refractivity contribution in [3.8, 4) is 5.75 Å². The fourth-order valence-electron chi connectivity index (χ4n) is 2.38. The largest absolute Gasteiger partial charge is 0.427 e. The molecule has 2 aromatic carbocycles. The van der Waals surface area contributed by atoms with E-state index in [1.165, 1.54) is 18.1 Å². The Balaban J connectivity index is 2.03. The van der Waals surface area contributed by atoms with Gasteiger partial charge in [-0.05, 0) is 42.5 Å². The van der Waals surface area contributed by atoms with Crippen molar-refractivity contribution in [3.05, 3.63) is 65.2 Å². The van der Waals surface area contributed by atoms with Crippen molar-refractivity contribution < 1.29 is 14.3 Å². The maximum atomic E-state index is 11.3. The molecule has 0 radical (unpaired) electrons. The van der Waals surface area contributed by atoms with Crippen LogP contribution in [-0.2, 0) is 11.2 Å². The molecule has 0 amide bonds. The van der Waals surface area contributed by atoms with Gasteiger partial charge in [0.15, 0.2) is 5.78 Å². The highest BCUT2D eigenvalue weighted by molar-refractivity contribution is 5.94. The summed E-state index contributed by atoms with van der Waals surface area (Å²) in [6.45, 7) is 5.12. The van der Waals surface area contributed by atoms with Crippen LogP contribution in [0.3, 0.4) is 0 Å². The summed E-state index contributed by atoms with van der Waals surface area (Å²) >= 11 is 0. The van der Waals surface area contributed by atoms with Crippen LogP contribution in [0.25, 0.3) is 0 Å². The summed E-state index contributed by atoms with van der Waals surface area (Å²) in [6.07, 6.45) is 0.889. The first-order valence-electron chi connectivity index (χ1n) is 7.34. The van der Waals surface area contributed by atoms with Gasteiger partial charge in [0.25, 0.3) is 0 Å². The Bertz CT molecular complexity index is 654. The van der Waals surface area contributed by atoms with Crippen LogP contribution in [0.2, 0.25) is 0 Å². The predicted molar refractivity (Wildman–Crippen MR) is 86.3 cm³/mol. The molecule has 22 heavy (non-hydrogen) atoms. The number of carbonyl (C=O) groups is 2. The molecular formula is C19H20O3. The van der Waals surface area contributed by atoms with Gasteiger partial charge in [0, 0.05) is 12.5 Å². The molecule has 0 bridgehead atoms. The molecule has 3 heteroatoms. The minimum absolute atomic E-state index is 0.0836. The second kappa shape index (κ2) is 7.03. The summed E-state index contributed by atoms with van der Waals surface area (Å²) in [4.78, 5) is 22.2. The summed E-state index contributed by atoms with van der Waals surface area (Å²) in [6, 6.07) is 15.3. The number of esters is 1. The van der Waals surface area contributed by atoms with Crippen molar-refractivity contribution in [1.29, 1.82) is 0 Å². The van der Waals surface area contributed by atoms with Gasteiger partial charge in [-0.25, -0.2) is 0 Å². The molecule has 1 atom stereocenters. The molecule has 2 rings (SSSR count). The lowest BCUT2D eigenvalue weighted by atomic mass is 9.93. The minimum Gasteiger partial charge on any atom is -0.427 e. The third-order valence-electron chi connectivity index (χ3n) is 3.61. The number of hydrogen-bond acceptors (Lipinski definition) is 3. The van der Waals surface area contributed by atoms with Crippen molar-refractivity contribution in [2.75, 3.05) is 0 Å². The zero-order valence-electron chi connectivity index (χ0n) is 13.1. The standard InChI is InChI=1S/C19H20O3/c1-13(17-6-8-18(9-7-17)14(2)20)12-16-4-10-19(11-5-16)22-15(3)21/h4-11,13H,12H2,1-3H3. The number of carbonyl (C=O) groups excluding carboxylic acids is 2. The SMILES string of the molecule is CC(=O)Oc1ccc(CC(C)c2ccc(C(C)=O)cc2)cc1. The zero-order chi connectivity index (χ0) is 16.1. The first kappa shape index (κ1) is 16.0. The first-order valence-corrected chi connectivity index (χ1v) is 7.34. The van der Waals surface area contributed by atoms with Crippen molar-refractivity contribution >= 4 is 11.8 Å². The molecule has 3 nitrogen and oxygen atoms in total. The quantitative estimate of drug-likeness (QED) is 0.472. The zero-order valence-corrected chi connectivity index (χ0v) is 13.1. The molecule has 0 aliphatic carbocycles. The van der Waals surface area contributed by atoms with Crippen LogP contribution in [0.4, 0.5) is 0 Å². The molecule has 0 spiro atoms. The van der Waals surface area contributed by atoms with Crippen LogP contribution in [-0.4, -0.2) is 11.8 Å². The Labute approximate surface area is 130 Å². The summed E-state index contributed by atoms with van der Waals surface area (Å²) in [5, 5.41) is 0. The molecule has 0 aliphatic rings. The maximum Gasteiger partial charge on any atom is 0.308 e. The number of ether oxygens (including phenoxy) is 1. The number of ketones is 1. The molecule has 0 aliphatic heterocycles. The average molecular weight is 296 g/mol. The van der Waals surface area contributed by atoms with E-state index in [2.05, 4.69) is 6.92 Å². The van der Waals surface area contributed by atoms with E-state index >= 15 is 0 Å². The van der Waals surface area contributed by atoms with Crippen molar-refractivity contribution in [1.82, 2.24) is 0 Å². The van der Waals surface area contributed by atoms with E-state index in [0.717, 1.165) is 12.0 Å². The van der Waals surface area contributed by atoms with Gasteiger partial charge in [0.05, 0.1) is 0 Å². The number of hydrogen-bond donors (Lipinski definition) is 0. The summed E-state index contributed by atoms with van der Waals surface area (Å²) < 4.78 is 5.02. The Hall–Kier alpha value is -2.42. The van der Waals surface area contributed by atoms with E-state index in [1.807, 2.05) is 48.5 Å². The van der Waals surface area contributed by atoms with Gasteiger partial charge in [-0.3, -0.25) is 9.59 Å². The van der Waals surface area contributed by atoms with Crippen molar-refractivity contribution in [2.24, 2.45) is 0 Å². The van der Waals surface area contributed by atoms with Crippen molar-refractivity contribution in [3.63, 3.8) is 0 Å². The van der Waals surface area contributed by atoms with Crippen LogP contribution < -0.4 is 4.74 Å². The van der Waals surface area contributed by atoms with E-state index in [-0.39, 0.29) is 11.8 Å². The lowest BCUT2D eigenvalue weighted by Crippen LogP contribution is -2.02. The van der Waals surface area contributed by atoms with Crippen LogP contribution in [0, 0.1) is 0 Å². The average Bonchev–Trinajstić information content (AvgIpc) is 2.49. The van der Waals surface area contributed by atoms with Crippen LogP contribution in [0.5, 0.6) is 5.75 Å². The van der Waals surface area contributed by atoms with Gasteiger partial charge in [-0.15, -0.1) is 0 Å². The fraction of sp³-hybridized carbons (Fsp3) is 0.263. The predicted octanol–water partition coefficient (Wildman–Crippen LogP) is 4.16. The van der Waals surface area contributed by atoms with E-state index in [9.17, 15) is 9.59 Å². The smallest absolute Gasteiger partial charge is 0.308 e. The maximum absolute atomic E-state index is 11.3. The van der Waals surface area contributed by atoms with Crippen molar-refractivity contribution in [2.45, 2.75) is 33.1 Å². The van der Waals surface area contributed by atoms with Crippen LogP contribution in [0.1, 0.15) is 48.2 Å². The van der Waals surface area contributed by atoms with Crippen LogP contribution in [0.15, 0.2) is 48.5 Å². The molecular weight excluding hydrogens is 276 g/mol. The fourth-order valence-corrected chi connectivity index (χ4v) is 2.38. The minimum atomic E-state index is -0.313. The highest BCUT2D eigenvalue weighted by Gasteiger charge is 2.08. The Morgan fingerprint density at radius 3 is 2.05 bits per heavy atom. The lowest BCUT2D eigenvalue weighted by molar-refractivity contribution is -0.131. The van der Waals surface area contributed by atoms with E-state index in [0.29, 0.717) is 11.7 Å². The summed E-state index contributed by atoms with van der Waals surface area (Å²) in [5.74, 6) is 0.683. The first-order chi connectivity index (χ1) is 10.5. The van der Waals surface area contributed by atoms with Gasteiger partial charge in [0.1, 0.15) is 5.75 Å². The molecule has 114 valence electrons. The van der Waals surface area contributed by atoms with E-state index in [1.54, 1.807) is 6.92 Å². The Morgan fingerprint density at radius 1 is 0.955 bits per heavy atom. The van der Waals surface area contributed by atoms with Crippen LogP contribution >= 0.6 is 0 Å². The topological polar surface area (TPSA) is 43.4 Å². The van der Waals surface area contributed by atoms with Gasteiger partial charge < -0.3 is 4.74 Å². The van der Waals surface area contributed by atoms with Gasteiger partial charge in [0.2, 0.25) is 0 Å². The Morgan fingerprint density at radius 2 is 1.55 bits per heavy atom. The molecule has 1 unspecified atom stereocenters. The molecule has 2 aromatic rings. The molecule has 0 N–H and O–H groups in total. The van der Waals surface area contributed by atoms with Gasteiger partial charge in [-0.2, -0.15) is 0 Å². The third-order valence-corrected chi connectivity index (χ3v) is 3.61. The number of Topliss-reactive ketones (excluding diaryl/α,β-unsaturated/α-hetero) is 1. The summed E-state index contributed by atoms with van der Waals surface area (Å²) in [5.41, 5.74) is 3.12. The number of benzene rings is 2. The second-order valence-corrected chi connectivity index (χ2v) is 5.52. The van der Waals surface area contributed by atoms with E-state index in [4.69, 9.17) is 4.74 Å². The highest BCUT2D eigenvalue weighted by atomic mass is 16.5. The normalized spacial score (nSPS) is 11.8. The second-order valence-electron chi connectivity index (χ2n) is 5.52. The van der Waals surface area contributed by atoms with Gasteiger partial charge in [-0.1, -0.05) is 43.3 Å². The highest BCUT2D eigenvalue weighted by Crippen LogP contribution is 2.22. The molecule has 0 fully saturated rings. The van der Waals surface area contributed by atoms with Gasteiger partial charge >= 0.3 is 5.97 Å². The Kier molecular flexibility index (Phi) is 5.10. The van der Waals surface area contributed by atoms with E-state index < -0.39 is 0 Å². The molecule has 0 heterocycles. The summed E-state index contributed by atoms with van der Waals surface area (Å²) in [7, 11) is 0. The molecule has 0 saturated carbocycles. The number of rotatable bonds is 5. The molecule has 0 aromatic heterocycles. The molecule has 0 saturated heterocycles. The third kappa shape index (κ3) is 4.29. The monoisotopic (exact) mass is 296 g/mol. The lowest BCUT2D eigenvalue weighted by Gasteiger charge is -2.13.